The molecule has 3 atom stereocenters. The van der Waals surface area contributed by atoms with E-state index in [4.69, 9.17) is 4.52 Å². The van der Waals surface area contributed by atoms with Crippen LogP contribution in [-0.4, -0.2) is 65.0 Å². The molecule has 0 bridgehead atoms. The molecule has 1 aliphatic carbocycles. The van der Waals surface area contributed by atoms with E-state index in [2.05, 4.69) is 40.5 Å². The van der Waals surface area contributed by atoms with Crippen molar-refractivity contribution in [2.75, 3.05) is 0 Å². The highest BCUT2D eigenvalue weighted by Gasteiger charge is 2.56. The van der Waals surface area contributed by atoms with E-state index in [1.54, 1.807) is 0 Å². The number of fused-ring (bicyclic) bond motifs is 1. The Balaban J connectivity index is 1.31. The predicted molar refractivity (Wildman–Crippen MR) is 136 cm³/mol. The Hall–Kier alpha value is -4.65. The van der Waals surface area contributed by atoms with Crippen LogP contribution in [0.1, 0.15) is 77.8 Å². The van der Waals surface area contributed by atoms with Gasteiger partial charge in [0, 0.05) is 19.3 Å². The first kappa shape index (κ1) is 31.3. The number of hydrogen-bond donors (Lipinski definition) is 2. The average molecular weight is 660 g/mol. The predicted octanol–water partition coefficient (Wildman–Crippen LogP) is 3.95. The second-order valence-electron chi connectivity index (χ2n) is 11.5. The van der Waals surface area contributed by atoms with E-state index < -0.39 is 84.4 Å². The Bertz CT molecular complexity index is 1720. The van der Waals surface area contributed by atoms with Crippen LogP contribution in [-0.2, 0) is 17.6 Å². The molecule has 246 valence electrons. The number of hydrogen-bond acceptors (Lipinski definition) is 10. The molecule has 4 aromatic heterocycles. The molecule has 6 rings (SSSR count). The van der Waals surface area contributed by atoms with Gasteiger partial charge in [0.2, 0.25) is 23.9 Å². The van der Waals surface area contributed by atoms with Crippen LogP contribution in [0.5, 0.6) is 0 Å². The minimum Gasteiger partial charge on any atom is -0.344 e. The lowest BCUT2D eigenvalue weighted by molar-refractivity contribution is -0.155. The van der Waals surface area contributed by atoms with Gasteiger partial charge < -0.3 is 15.2 Å². The summed E-state index contributed by atoms with van der Waals surface area (Å²) in [6, 6.07) is -1.67. The highest BCUT2D eigenvalue weighted by molar-refractivity contribution is 5.93. The van der Waals surface area contributed by atoms with Gasteiger partial charge in [0.15, 0.2) is 17.2 Å². The van der Waals surface area contributed by atoms with E-state index in [-0.39, 0.29) is 42.8 Å². The highest BCUT2D eigenvalue weighted by Crippen LogP contribution is 2.43. The minimum atomic E-state index is -4.70. The molecule has 20 heteroatoms. The summed E-state index contributed by atoms with van der Waals surface area (Å²) >= 11 is 0. The summed E-state index contributed by atoms with van der Waals surface area (Å²) in [4.78, 5) is 34.4. The number of rotatable bonds is 9. The van der Waals surface area contributed by atoms with Gasteiger partial charge in [-0.1, -0.05) is 5.16 Å². The molecule has 1 saturated carbocycles. The quantitative estimate of drug-likeness (QED) is 0.251. The third kappa shape index (κ3) is 6.23. The zero-order chi connectivity index (χ0) is 32.9. The van der Waals surface area contributed by atoms with Crippen LogP contribution in [0.15, 0.2) is 34.0 Å². The van der Waals surface area contributed by atoms with Gasteiger partial charge in [0.1, 0.15) is 6.04 Å². The third-order valence-corrected chi connectivity index (χ3v) is 8.39. The summed E-state index contributed by atoms with van der Waals surface area (Å²) in [7, 11) is 0. The topological polar surface area (TPSA) is 166 Å². The standard InChI is InChI=1S/C26H24F7N9O4/c27-21(28)19-20(41-46-40-19)22(43)38-18(13-1-3-25(29,30)4-2-13)14-10-42-17(36-14)5-12(9-35-42)6-24(8-16-34-11-45-39-16)7-15(26(31,32)33)37-23(24)44/h5,9-11,13,15,18,21H,1-4,6-8H2,(H,37,44)(H,38,43)/t15-,18-,24-/m0/s1. The number of carbonyl (C=O) groups is 2. The molecular weight excluding hydrogens is 635 g/mol. The molecule has 2 N–H and O–H groups in total. The van der Waals surface area contributed by atoms with Crippen molar-refractivity contribution in [2.24, 2.45) is 11.3 Å². The first-order chi connectivity index (χ1) is 21.7. The molecule has 1 saturated heterocycles. The number of amides is 2. The summed E-state index contributed by atoms with van der Waals surface area (Å²) in [6.07, 6.45) is -6.23. The Morgan fingerprint density at radius 3 is 2.57 bits per heavy atom. The molecule has 46 heavy (non-hydrogen) atoms. The monoisotopic (exact) mass is 659 g/mol. The van der Waals surface area contributed by atoms with Crippen LogP contribution in [0, 0.1) is 11.3 Å². The van der Waals surface area contributed by atoms with Crippen molar-refractivity contribution < 1.29 is 49.5 Å². The van der Waals surface area contributed by atoms with Gasteiger partial charge in [-0.2, -0.15) is 23.3 Å². The summed E-state index contributed by atoms with van der Waals surface area (Å²) in [5.74, 6) is -5.40. The second-order valence-corrected chi connectivity index (χ2v) is 11.5. The molecule has 0 spiro atoms. The molecule has 2 aliphatic rings. The molecule has 0 radical (unpaired) electrons. The number of alkyl halides is 7. The van der Waals surface area contributed by atoms with Crippen molar-refractivity contribution in [1.82, 2.24) is 45.7 Å². The SMILES string of the molecule is O=C(N[C@H](c1cn2ncc(C[C@@]3(Cc4ncon4)C[C@@H](C(F)(F)F)NC3=O)cc2n1)C1CCC(F)(F)CC1)c1nonc1C(F)F. The lowest BCUT2D eigenvalue weighted by Gasteiger charge is -2.33. The number of aromatic nitrogens is 7. The average Bonchev–Trinajstić information content (AvgIpc) is 3.79. The molecule has 13 nitrogen and oxygen atoms in total. The maximum atomic E-state index is 14.0. The Labute approximate surface area is 253 Å². The molecular formula is C26H24F7N9O4. The van der Waals surface area contributed by atoms with Crippen LogP contribution in [0.3, 0.4) is 0 Å². The highest BCUT2D eigenvalue weighted by atomic mass is 19.4. The number of nitrogens with one attached hydrogen (secondary N) is 2. The fourth-order valence-electron chi connectivity index (χ4n) is 6.09. The lowest BCUT2D eigenvalue weighted by atomic mass is 9.76. The summed E-state index contributed by atoms with van der Waals surface area (Å²) in [6.45, 7) is 0. The smallest absolute Gasteiger partial charge is 0.344 e. The Kier molecular flexibility index (Phi) is 7.91. The number of nitrogens with zero attached hydrogens (tertiary/aromatic N) is 7. The van der Waals surface area contributed by atoms with E-state index in [1.807, 2.05) is 5.32 Å². The number of imidazole rings is 1. The maximum absolute atomic E-state index is 14.0. The number of carbonyl (C=O) groups excluding carboxylic acids is 2. The number of halogens is 7. The molecule has 0 unspecified atom stereocenters. The third-order valence-electron chi connectivity index (χ3n) is 8.39. The van der Waals surface area contributed by atoms with Crippen molar-refractivity contribution >= 4 is 17.5 Å². The van der Waals surface area contributed by atoms with Crippen molar-refractivity contribution in [3.8, 4) is 0 Å². The van der Waals surface area contributed by atoms with Crippen LogP contribution < -0.4 is 10.6 Å². The van der Waals surface area contributed by atoms with Gasteiger partial charge in [-0.3, -0.25) is 9.59 Å². The van der Waals surface area contributed by atoms with E-state index in [1.165, 1.54) is 23.0 Å². The molecule has 5 heterocycles. The fraction of sp³-hybridized carbons (Fsp3) is 0.538. The van der Waals surface area contributed by atoms with Crippen LogP contribution in [0.25, 0.3) is 5.65 Å². The summed E-state index contributed by atoms with van der Waals surface area (Å²) < 4.78 is 106. The van der Waals surface area contributed by atoms with Crippen LogP contribution in [0.2, 0.25) is 0 Å². The van der Waals surface area contributed by atoms with E-state index >= 15 is 0 Å². The second kappa shape index (κ2) is 11.6. The summed E-state index contributed by atoms with van der Waals surface area (Å²) in [5.41, 5.74) is -2.74. The zero-order valence-corrected chi connectivity index (χ0v) is 23.5. The maximum Gasteiger partial charge on any atom is 0.408 e. The molecule has 2 amide bonds. The lowest BCUT2D eigenvalue weighted by Crippen LogP contribution is -2.39. The molecule has 2 fully saturated rings. The van der Waals surface area contributed by atoms with Crippen molar-refractivity contribution in [3.05, 3.63) is 53.3 Å². The Morgan fingerprint density at radius 1 is 1.15 bits per heavy atom. The molecule has 4 aromatic rings. The van der Waals surface area contributed by atoms with Crippen molar-refractivity contribution in [3.63, 3.8) is 0 Å². The van der Waals surface area contributed by atoms with Gasteiger partial charge in [-0.15, -0.1) is 0 Å². The van der Waals surface area contributed by atoms with E-state index in [0.29, 0.717) is 5.56 Å². The largest absolute Gasteiger partial charge is 0.408 e. The van der Waals surface area contributed by atoms with Gasteiger partial charge in [0.25, 0.3) is 12.3 Å². The zero-order valence-electron chi connectivity index (χ0n) is 23.5. The van der Waals surface area contributed by atoms with Gasteiger partial charge in [-0.25, -0.2) is 31.7 Å². The minimum absolute atomic E-state index is 0.0304. The normalized spacial score (nSPS) is 22.8. The van der Waals surface area contributed by atoms with Crippen LogP contribution >= 0.6 is 0 Å². The van der Waals surface area contributed by atoms with E-state index in [9.17, 15) is 40.3 Å². The summed E-state index contributed by atoms with van der Waals surface area (Å²) in [5, 5.41) is 18.8. The molecule has 1 aliphatic heterocycles. The van der Waals surface area contributed by atoms with Crippen molar-refractivity contribution in [1.29, 1.82) is 0 Å². The van der Waals surface area contributed by atoms with Gasteiger partial charge in [-0.05, 0) is 53.5 Å². The van der Waals surface area contributed by atoms with E-state index in [0.717, 1.165) is 6.39 Å². The van der Waals surface area contributed by atoms with Gasteiger partial charge in [0.05, 0.1) is 29.5 Å². The fourth-order valence-corrected chi connectivity index (χ4v) is 6.09. The van der Waals surface area contributed by atoms with Crippen molar-refractivity contribution in [2.45, 2.75) is 75.6 Å². The molecule has 0 aromatic carbocycles. The first-order valence-corrected chi connectivity index (χ1v) is 14.0. The first-order valence-electron chi connectivity index (χ1n) is 14.0. The Morgan fingerprint density at radius 2 is 1.91 bits per heavy atom. The van der Waals surface area contributed by atoms with Gasteiger partial charge >= 0.3 is 6.18 Å². The van der Waals surface area contributed by atoms with Crippen LogP contribution in [0.4, 0.5) is 30.7 Å².